The molecule has 2 aromatic heterocycles. The zero-order chi connectivity index (χ0) is 21.4. The number of rotatable bonds is 4. The fourth-order valence-electron chi connectivity index (χ4n) is 3.57. The Bertz CT molecular complexity index is 1290. The normalized spacial score (nSPS) is 16.6. The second kappa shape index (κ2) is 7.91. The van der Waals surface area contributed by atoms with Crippen LogP contribution in [-0.2, 0) is 9.53 Å². The van der Waals surface area contributed by atoms with Crippen LogP contribution in [0.5, 0.6) is 0 Å². The van der Waals surface area contributed by atoms with E-state index in [2.05, 4.69) is 18.8 Å². The van der Waals surface area contributed by atoms with Gasteiger partial charge < -0.3 is 9.15 Å². The maximum Gasteiger partial charge on any atom is 0.338 e. The van der Waals surface area contributed by atoms with E-state index in [0.29, 0.717) is 32.3 Å². The molecule has 1 aliphatic heterocycles. The molecule has 154 valence electrons. The molecular weight excluding hydrogens is 400 g/mol. The third kappa shape index (κ3) is 3.45. The minimum absolute atomic E-state index is 0.220. The van der Waals surface area contributed by atoms with Gasteiger partial charge in [-0.2, -0.15) is 0 Å². The van der Waals surface area contributed by atoms with Crippen LogP contribution in [0.3, 0.4) is 0 Å². The van der Waals surface area contributed by atoms with Gasteiger partial charge >= 0.3 is 5.97 Å². The van der Waals surface area contributed by atoms with Gasteiger partial charge in [-0.15, -0.1) is 0 Å². The SMILES string of the molecule is COC(=O)C1=C(C)N=c2sc(=Cc3ccco3)c(=O)n2C1c1ccc(C(C)C)cc1. The van der Waals surface area contributed by atoms with Gasteiger partial charge in [0.1, 0.15) is 5.76 Å². The largest absolute Gasteiger partial charge is 0.466 e. The Balaban J connectivity index is 1.95. The molecule has 0 saturated carbocycles. The summed E-state index contributed by atoms with van der Waals surface area (Å²) in [6.45, 7) is 6.01. The highest BCUT2D eigenvalue weighted by Gasteiger charge is 2.33. The molecule has 0 fully saturated rings. The third-order valence-corrected chi connectivity index (χ3v) is 6.15. The van der Waals surface area contributed by atoms with E-state index in [1.807, 2.05) is 24.3 Å². The van der Waals surface area contributed by atoms with Gasteiger partial charge in [-0.3, -0.25) is 9.36 Å². The lowest BCUT2D eigenvalue weighted by molar-refractivity contribution is -0.136. The molecule has 0 aliphatic carbocycles. The average molecular weight is 423 g/mol. The number of fused-ring (bicyclic) bond motifs is 1. The topological polar surface area (TPSA) is 73.8 Å². The summed E-state index contributed by atoms with van der Waals surface area (Å²) in [5, 5.41) is 0. The Hall–Kier alpha value is -3.19. The van der Waals surface area contributed by atoms with Gasteiger partial charge in [0, 0.05) is 6.08 Å². The van der Waals surface area contributed by atoms with E-state index >= 15 is 0 Å². The molecule has 1 atom stereocenters. The van der Waals surface area contributed by atoms with Crippen LogP contribution in [0.1, 0.15) is 49.6 Å². The standard InChI is InChI=1S/C23H22N2O4S/c1-13(2)15-7-9-16(10-8-15)20-19(22(27)28-4)14(3)24-23-25(20)21(26)18(30-23)12-17-6-5-11-29-17/h5-13,20H,1-4H3. The van der Waals surface area contributed by atoms with E-state index in [9.17, 15) is 9.59 Å². The highest BCUT2D eigenvalue weighted by molar-refractivity contribution is 7.07. The quantitative estimate of drug-likeness (QED) is 0.606. The number of hydrogen-bond acceptors (Lipinski definition) is 6. The zero-order valence-electron chi connectivity index (χ0n) is 17.2. The Morgan fingerprint density at radius 3 is 2.60 bits per heavy atom. The number of thiazole rings is 1. The van der Waals surface area contributed by atoms with Crippen molar-refractivity contribution in [1.82, 2.24) is 4.57 Å². The van der Waals surface area contributed by atoms with Gasteiger partial charge in [-0.05, 0) is 36.1 Å². The predicted molar refractivity (Wildman–Crippen MR) is 115 cm³/mol. The first kappa shape index (κ1) is 20.1. The number of aromatic nitrogens is 1. The summed E-state index contributed by atoms with van der Waals surface area (Å²) in [7, 11) is 1.34. The maximum absolute atomic E-state index is 13.3. The third-order valence-electron chi connectivity index (χ3n) is 5.16. The number of ether oxygens (including phenoxy) is 1. The van der Waals surface area contributed by atoms with Crippen LogP contribution in [0.2, 0.25) is 0 Å². The minimum Gasteiger partial charge on any atom is -0.466 e. The molecular formula is C23H22N2O4S. The first-order valence-electron chi connectivity index (χ1n) is 9.65. The van der Waals surface area contributed by atoms with Crippen molar-refractivity contribution < 1.29 is 13.9 Å². The van der Waals surface area contributed by atoms with Crippen molar-refractivity contribution in [1.29, 1.82) is 0 Å². The molecule has 1 aliphatic rings. The van der Waals surface area contributed by atoms with Crippen LogP contribution >= 0.6 is 11.3 Å². The molecule has 1 unspecified atom stereocenters. The summed E-state index contributed by atoms with van der Waals surface area (Å²) >= 11 is 1.27. The van der Waals surface area contributed by atoms with Crippen molar-refractivity contribution in [3.05, 3.63) is 90.5 Å². The van der Waals surface area contributed by atoms with E-state index in [1.165, 1.54) is 24.0 Å². The van der Waals surface area contributed by atoms with Crippen LogP contribution < -0.4 is 14.9 Å². The molecule has 1 aromatic carbocycles. The average Bonchev–Trinajstić information content (AvgIpc) is 3.35. The van der Waals surface area contributed by atoms with Crippen molar-refractivity contribution in [2.24, 2.45) is 4.99 Å². The van der Waals surface area contributed by atoms with E-state index in [0.717, 1.165) is 5.56 Å². The Morgan fingerprint density at radius 1 is 1.27 bits per heavy atom. The number of hydrogen-bond donors (Lipinski definition) is 0. The molecule has 6 nitrogen and oxygen atoms in total. The maximum atomic E-state index is 13.3. The number of carbonyl (C=O) groups is 1. The van der Waals surface area contributed by atoms with Gasteiger partial charge in [0.25, 0.3) is 5.56 Å². The van der Waals surface area contributed by atoms with E-state index < -0.39 is 12.0 Å². The highest BCUT2D eigenvalue weighted by Crippen LogP contribution is 2.31. The number of nitrogens with zero attached hydrogens (tertiary/aromatic N) is 2. The monoisotopic (exact) mass is 422 g/mol. The van der Waals surface area contributed by atoms with Gasteiger partial charge in [-0.1, -0.05) is 49.4 Å². The van der Waals surface area contributed by atoms with Crippen molar-refractivity contribution >= 4 is 23.4 Å². The van der Waals surface area contributed by atoms with Crippen molar-refractivity contribution in [2.45, 2.75) is 32.7 Å². The molecule has 30 heavy (non-hydrogen) atoms. The summed E-state index contributed by atoms with van der Waals surface area (Å²) in [4.78, 5) is 31.1. The van der Waals surface area contributed by atoms with Crippen LogP contribution in [0.4, 0.5) is 0 Å². The summed E-state index contributed by atoms with van der Waals surface area (Å²) in [5.41, 5.74) is 2.71. The molecule has 0 radical (unpaired) electrons. The number of furan rings is 1. The predicted octanol–water partition coefficient (Wildman–Crippen LogP) is 3.12. The Morgan fingerprint density at radius 2 is 2.00 bits per heavy atom. The van der Waals surface area contributed by atoms with Gasteiger partial charge in [0.15, 0.2) is 4.80 Å². The van der Waals surface area contributed by atoms with Gasteiger partial charge in [0.05, 0.1) is 35.2 Å². The van der Waals surface area contributed by atoms with Crippen molar-refractivity contribution in [2.75, 3.05) is 7.11 Å². The first-order valence-corrected chi connectivity index (χ1v) is 10.5. The van der Waals surface area contributed by atoms with Crippen molar-refractivity contribution in [3.8, 4) is 0 Å². The summed E-state index contributed by atoms with van der Waals surface area (Å²) in [5.74, 6) is 0.475. The lowest BCUT2D eigenvalue weighted by Gasteiger charge is -2.24. The number of esters is 1. The van der Waals surface area contributed by atoms with Crippen LogP contribution in [0.25, 0.3) is 6.08 Å². The molecule has 0 N–H and O–H groups in total. The van der Waals surface area contributed by atoms with Gasteiger partial charge in [-0.25, -0.2) is 9.79 Å². The number of methoxy groups -OCH3 is 1. The summed E-state index contributed by atoms with van der Waals surface area (Å²) in [6.07, 6.45) is 3.25. The summed E-state index contributed by atoms with van der Waals surface area (Å²) in [6, 6.07) is 10.9. The van der Waals surface area contributed by atoms with E-state index in [4.69, 9.17) is 9.15 Å². The van der Waals surface area contributed by atoms with Crippen LogP contribution in [-0.4, -0.2) is 17.6 Å². The Kier molecular flexibility index (Phi) is 5.30. The molecule has 4 rings (SSSR count). The minimum atomic E-state index is -0.603. The van der Waals surface area contributed by atoms with Crippen LogP contribution in [0.15, 0.2) is 68.1 Å². The molecule has 0 saturated heterocycles. The number of benzene rings is 1. The molecule has 3 heterocycles. The number of allylic oxidation sites excluding steroid dienone is 1. The second-order valence-corrected chi connectivity index (χ2v) is 8.42. The smallest absolute Gasteiger partial charge is 0.338 e. The first-order chi connectivity index (χ1) is 14.4. The van der Waals surface area contributed by atoms with Crippen molar-refractivity contribution in [3.63, 3.8) is 0 Å². The second-order valence-electron chi connectivity index (χ2n) is 7.41. The molecule has 0 spiro atoms. The zero-order valence-corrected chi connectivity index (χ0v) is 18.0. The molecule has 3 aromatic rings. The molecule has 0 bridgehead atoms. The molecule has 0 amide bonds. The van der Waals surface area contributed by atoms with E-state index in [-0.39, 0.29) is 5.56 Å². The lowest BCUT2D eigenvalue weighted by Crippen LogP contribution is -2.39. The fraction of sp³-hybridized carbons (Fsp3) is 0.261. The fourth-order valence-corrected chi connectivity index (χ4v) is 4.60. The van der Waals surface area contributed by atoms with E-state index in [1.54, 1.807) is 36.0 Å². The Labute approximate surface area is 177 Å². The lowest BCUT2D eigenvalue weighted by atomic mass is 9.93. The van der Waals surface area contributed by atoms with Gasteiger partial charge in [0.2, 0.25) is 0 Å². The number of carbonyl (C=O) groups excluding carboxylic acids is 1. The van der Waals surface area contributed by atoms with Crippen LogP contribution in [0, 0.1) is 0 Å². The summed E-state index contributed by atoms with van der Waals surface area (Å²) < 4.78 is 12.5. The molecule has 7 heteroatoms. The highest BCUT2D eigenvalue weighted by atomic mass is 32.1.